The van der Waals surface area contributed by atoms with Crippen molar-refractivity contribution in [1.82, 2.24) is 4.98 Å². The second-order valence-electron chi connectivity index (χ2n) is 5.68. The van der Waals surface area contributed by atoms with Gasteiger partial charge in [0.05, 0.1) is 0 Å². The number of benzene rings is 2. The third-order valence-corrected chi connectivity index (χ3v) is 4.41. The maximum atomic E-state index is 12.3. The maximum absolute atomic E-state index is 12.3. The summed E-state index contributed by atoms with van der Waals surface area (Å²) in [7, 11) is 0. The lowest BCUT2D eigenvalue weighted by Gasteiger charge is -2.07. The van der Waals surface area contributed by atoms with E-state index in [4.69, 9.17) is 4.74 Å². The van der Waals surface area contributed by atoms with Gasteiger partial charge in [-0.05, 0) is 54.8 Å². The number of hydrogen-bond donors (Lipinski definition) is 1. The summed E-state index contributed by atoms with van der Waals surface area (Å²) >= 11 is 1.42. The molecular formula is C20H20N2O2S. The average Bonchev–Trinajstić information content (AvgIpc) is 3.15. The fourth-order valence-electron chi connectivity index (χ4n) is 2.37. The molecule has 3 rings (SSSR count). The van der Waals surface area contributed by atoms with Crippen molar-refractivity contribution in [1.29, 1.82) is 0 Å². The predicted octanol–water partition coefficient (Wildman–Crippen LogP) is 5.53. The fourth-order valence-corrected chi connectivity index (χ4v) is 2.88. The number of aromatic nitrogens is 1. The van der Waals surface area contributed by atoms with Crippen molar-refractivity contribution in [2.75, 3.05) is 5.32 Å². The number of hydrogen-bond acceptors (Lipinski definition) is 4. The summed E-state index contributed by atoms with van der Waals surface area (Å²) < 4.78 is 5.59. The molecule has 0 bridgehead atoms. The first kappa shape index (κ1) is 17.2. The first-order chi connectivity index (χ1) is 12.2. The smallest absolute Gasteiger partial charge is 0.278 e. The van der Waals surface area contributed by atoms with Crippen LogP contribution in [0.2, 0.25) is 0 Å². The molecule has 0 aliphatic heterocycles. The Labute approximate surface area is 151 Å². The van der Waals surface area contributed by atoms with Crippen molar-refractivity contribution < 1.29 is 9.53 Å². The topological polar surface area (TPSA) is 51.2 Å². The summed E-state index contributed by atoms with van der Waals surface area (Å²) in [4.78, 5) is 16.4. The third kappa shape index (κ3) is 4.90. The van der Waals surface area contributed by atoms with Crippen LogP contribution in [0.1, 0.15) is 35.7 Å². The van der Waals surface area contributed by atoms with Gasteiger partial charge < -0.3 is 10.1 Å². The molecule has 1 amide bonds. The van der Waals surface area contributed by atoms with Gasteiger partial charge in [0, 0.05) is 22.8 Å². The lowest BCUT2D eigenvalue weighted by Crippen LogP contribution is -2.11. The van der Waals surface area contributed by atoms with Gasteiger partial charge in [0.15, 0.2) is 0 Å². The Balaban J connectivity index is 1.59. The quantitative estimate of drug-likeness (QED) is 0.608. The number of rotatable bonds is 7. The number of nitrogens with one attached hydrogen (secondary N) is 1. The maximum Gasteiger partial charge on any atom is 0.278 e. The zero-order valence-electron chi connectivity index (χ0n) is 14.1. The van der Waals surface area contributed by atoms with Crippen molar-refractivity contribution in [2.45, 2.75) is 26.2 Å². The molecule has 128 valence electrons. The highest BCUT2D eigenvalue weighted by Crippen LogP contribution is 2.23. The molecule has 1 aromatic heterocycles. The first-order valence-electron chi connectivity index (χ1n) is 8.32. The van der Waals surface area contributed by atoms with Gasteiger partial charge in [-0.1, -0.05) is 36.8 Å². The van der Waals surface area contributed by atoms with Crippen molar-refractivity contribution in [3.8, 4) is 10.9 Å². The summed E-state index contributed by atoms with van der Waals surface area (Å²) in [6.45, 7) is 2.18. The number of amides is 1. The van der Waals surface area contributed by atoms with Crippen LogP contribution in [0.3, 0.4) is 0 Å². The lowest BCUT2D eigenvalue weighted by atomic mass is 10.1. The normalized spacial score (nSPS) is 10.4. The Morgan fingerprint density at radius 1 is 1.12 bits per heavy atom. The fraction of sp³-hybridized carbons (Fsp3) is 0.200. The van der Waals surface area contributed by atoms with Crippen LogP contribution in [0, 0.1) is 0 Å². The van der Waals surface area contributed by atoms with E-state index < -0.39 is 0 Å². The van der Waals surface area contributed by atoms with Gasteiger partial charge in [0.25, 0.3) is 11.1 Å². The zero-order chi connectivity index (χ0) is 17.5. The van der Waals surface area contributed by atoms with E-state index in [9.17, 15) is 4.79 Å². The van der Waals surface area contributed by atoms with Crippen LogP contribution in [-0.2, 0) is 6.42 Å². The predicted molar refractivity (Wildman–Crippen MR) is 102 cm³/mol. The monoisotopic (exact) mass is 352 g/mol. The molecule has 0 saturated heterocycles. The van der Waals surface area contributed by atoms with Gasteiger partial charge >= 0.3 is 0 Å². The lowest BCUT2D eigenvalue weighted by molar-refractivity contribution is 0.102. The minimum atomic E-state index is -0.137. The van der Waals surface area contributed by atoms with Crippen molar-refractivity contribution in [2.24, 2.45) is 0 Å². The van der Waals surface area contributed by atoms with E-state index >= 15 is 0 Å². The van der Waals surface area contributed by atoms with E-state index in [2.05, 4.69) is 29.4 Å². The molecule has 25 heavy (non-hydrogen) atoms. The molecule has 0 atom stereocenters. The second-order valence-corrected chi connectivity index (χ2v) is 6.54. The number of unbranched alkanes of at least 4 members (excludes halogenated alkanes) is 1. The Morgan fingerprint density at radius 3 is 2.52 bits per heavy atom. The number of thiazole rings is 1. The number of aryl methyl sites for hydroxylation is 1. The summed E-state index contributed by atoms with van der Waals surface area (Å²) in [6.07, 6.45) is 5.13. The first-order valence-corrected chi connectivity index (χ1v) is 9.20. The number of carbonyl (C=O) groups excluding carboxylic acids is 1. The number of carbonyl (C=O) groups is 1. The molecule has 0 aliphatic carbocycles. The summed E-state index contributed by atoms with van der Waals surface area (Å²) in [5, 5.41) is 5.35. The Hall–Kier alpha value is -2.66. The largest absolute Gasteiger partial charge is 0.431 e. The van der Waals surface area contributed by atoms with Crippen LogP contribution in [0.5, 0.6) is 10.9 Å². The number of ether oxygens (including phenoxy) is 1. The molecule has 5 heteroatoms. The standard InChI is InChI=1S/C20H20N2O2S/c1-2-3-4-15-5-9-17(10-6-15)22-19(23)16-7-11-18(12-8-16)24-20-21-13-14-25-20/h5-14H,2-4H2,1H3,(H,22,23). The van der Waals surface area contributed by atoms with Crippen LogP contribution in [0.25, 0.3) is 0 Å². The molecule has 0 unspecified atom stereocenters. The molecule has 0 spiro atoms. The Bertz CT molecular complexity index is 797. The molecule has 1 heterocycles. The van der Waals surface area contributed by atoms with Gasteiger partial charge in [-0.15, -0.1) is 0 Å². The van der Waals surface area contributed by atoms with Crippen molar-refractivity contribution in [3.63, 3.8) is 0 Å². The van der Waals surface area contributed by atoms with Gasteiger partial charge in [0.1, 0.15) is 5.75 Å². The van der Waals surface area contributed by atoms with Crippen LogP contribution in [-0.4, -0.2) is 10.9 Å². The minimum Gasteiger partial charge on any atom is -0.431 e. The molecule has 4 nitrogen and oxygen atoms in total. The molecule has 2 aromatic carbocycles. The zero-order valence-corrected chi connectivity index (χ0v) is 14.9. The van der Waals surface area contributed by atoms with Crippen LogP contribution in [0.15, 0.2) is 60.1 Å². The summed E-state index contributed by atoms with van der Waals surface area (Å²) in [5.41, 5.74) is 2.68. The van der Waals surface area contributed by atoms with E-state index in [1.807, 2.05) is 17.5 Å². The SMILES string of the molecule is CCCCc1ccc(NC(=O)c2ccc(Oc3nccs3)cc2)cc1. The minimum absolute atomic E-state index is 0.137. The average molecular weight is 352 g/mol. The molecule has 1 N–H and O–H groups in total. The number of anilines is 1. The van der Waals surface area contributed by atoms with E-state index in [1.165, 1.54) is 29.7 Å². The highest BCUT2D eigenvalue weighted by Gasteiger charge is 2.07. The molecule has 0 saturated carbocycles. The molecule has 0 aliphatic rings. The number of nitrogens with zero attached hydrogens (tertiary/aromatic N) is 1. The Morgan fingerprint density at radius 2 is 1.88 bits per heavy atom. The van der Waals surface area contributed by atoms with E-state index in [0.29, 0.717) is 16.5 Å². The van der Waals surface area contributed by atoms with E-state index in [0.717, 1.165) is 12.1 Å². The van der Waals surface area contributed by atoms with Crippen LogP contribution >= 0.6 is 11.3 Å². The van der Waals surface area contributed by atoms with Crippen molar-refractivity contribution in [3.05, 3.63) is 71.2 Å². The Kier molecular flexibility index (Phi) is 5.80. The van der Waals surface area contributed by atoms with E-state index in [1.54, 1.807) is 30.5 Å². The van der Waals surface area contributed by atoms with Gasteiger partial charge in [0.2, 0.25) is 0 Å². The summed E-state index contributed by atoms with van der Waals surface area (Å²) in [5.74, 6) is 0.522. The van der Waals surface area contributed by atoms with Gasteiger partial charge in [-0.3, -0.25) is 4.79 Å². The molecule has 0 fully saturated rings. The highest BCUT2D eigenvalue weighted by atomic mass is 32.1. The highest BCUT2D eigenvalue weighted by molar-refractivity contribution is 7.11. The molecule has 3 aromatic rings. The molecular weight excluding hydrogens is 332 g/mol. The second kappa shape index (κ2) is 8.44. The van der Waals surface area contributed by atoms with Gasteiger partial charge in [-0.25, -0.2) is 4.98 Å². The van der Waals surface area contributed by atoms with E-state index in [-0.39, 0.29) is 5.91 Å². The van der Waals surface area contributed by atoms with Crippen molar-refractivity contribution >= 4 is 22.9 Å². The summed E-state index contributed by atoms with van der Waals surface area (Å²) in [6, 6.07) is 15.0. The van der Waals surface area contributed by atoms with Crippen LogP contribution < -0.4 is 10.1 Å². The van der Waals surface area contributed by atoms with Crippen LogP contribution in [0.4, 0.5) is 5.69 Å². The van der Waals surface area contributed by atoms with Gasteiger partial charge in [-0.2, -0.15) is 0 Å². The molecule has 0 radical (unpaired) electrons. The third-order valence-electron chi connectivity index (χ3n) is 3.76.